The summed E-state index contributed by atoms with van der Waals surface area (Å²) in [4.78, 5) is 2.55. The highest BCUT2D eigenvalue weighted by Gasteiger charge is 2.45. The Kier molecular flexibility index (Phi) is 5.16. The predicted octanol–water partition coefficient (Wildman–Crippen LogP) is 1.82. The van der Waals surface area contributed by atoms with Gasteiger partial charge in [0, 0.05) is 19.1 Å². The van der Waals surface area contributed by atoms with Gasteiger partial charge in [-0.1, -0.05) is 6.92 Å². The lowest BCUT2D eigenvalue weighted by Crippen LogP contribution is -2.46. The Morgan fingerprint density at radius 3 is 2.52 bits per heavy atom. The molecule has 0 amide bonds. The van der Waals surface area contributed by atoms with E-state index in [0.29, 0.717) is 24.7 Å². The second-order valence-electron chi connectivity index (χ2n) is 6.97. The minimum atomic E-state index is -3.51. The number of hydrogen-bond acceptors (Lipinski definition) is 5. The molecule has 2 heterocycles. The molecule has 0 aromatic heterocycles. The third kappa shape index (κ3) is 3.58. The SMILES string of the molecule is CCN(C)[C@H]1COC2(CCN(S(=O)(=O)c3ccc(C#N)cc3)CC2)C1. The average molecular weight is 363 g/mol. The summed E-state index contributed by atoms with van der Waals surface area (Å²) in [5, 5.41) is 8.85. The molecule has 136 valence electrons. The van der Waals surface area contributed by atoms with E-state index in [0.717, 1.165) is 32.4 Å². The highest BCUT2D eigenvalue weighted by Crippen LogP contribution is 2.38. The van der Waals surface area contributed by atoms with Crippen LogP contribution >= 0.6 is 0 Å². The topological polar surface area (TPSA) is 73.6 Å². The first-order valence-electron chi connectivity index (χ1n) is 8.75. The van der Waals surface area contributed by atoms with Crippen LogP contribution in [0, 0.1) is 11.3 Å². The molecule has 1 aromatic carbocycles. The van der Waals surface area contributed by atoms with Crippen LogP contribution in [0.4, 0.5) is 0 Å². The summed E-state index contributed by atoms with van der Waals surface area (Å²) >= 11 is 0. The number of sulfonamides is 1. The zero-order chi connectivity index (χ0) is 18.1. The first-order valence-corrected chi connectivity index (χ1v) is 10.2. The van der Waals surface area contributed by atoms with Gasteiger partial charge in [0.2, 0.25) is 10.0 Å². The lowest BCUT2D eigenvalue weighted by atomic mass is 9.88. The second kappa shape index (κ2) is 7.04. The standard InChI is InChI=1S/C18H25N3O3S/c1-3-20(2)16-12-18(24-14-16)8-10-21(11-9-18)25(22,23)17-6-4-15(13-19)5-7-17/h4-7,16H,3,8-12,14H2,1-2H3/t16-/m1/s1. The second-order valence-corrected chi connectivity index (χ2v) is 8.90. The van der Waals surface area contributed by atoms with Gasteiger partial charge in [0.1, 0.15) is 0 Å². The van der Waals surface area contributed by atoms with E-state index in [9.17, 15) is 8.42 Å². The zero-order valence-electron chi connectivity index (χ0n) is 14.8. The lowest BCUT2D eigenvalue weighted by molar-refractivity contribution is -0.0316. The monoisotopic (exact) mass is 363 g/mol. The molecule has 2 fully saturated rings. The summed E-state index contributed by atoms with van der Waals surface area (Å²) < 4.78 is 33.3. The van der Waals surface area contributed by atoms with Crippen molar-refractivity contribution in [1.82, 2.24) is 9.21 Å². The fraction of sp³-hybridized carbons (Fsp3) is 0.611. The maximum atomic E-state index is 12.8. The first-order chi connectivity index (χ1) is 11.9. The first kappa shape index (κ1) is 18.3. The Labute approximate surface area is 150 Å². The molecule has 0 bridgehead atoms. The predicted molar refractivity (Wildman–Crippen MR) is 94.5 cm³/mol. The molecule has 0 radical (unpaired) electrons. The number of likely N-dealkylation sites (N-methyl/N-ethyl adjacent to an activating group) is 1. The van der Waals surface area contributed by atoms with Crippen molar-refractivity contribution >= 4 is 10.0 Å². The molecule has 25 heavy (non-hydrogen) atoms. The zero-order valence-corrected chi connectivity index (χ0v) is 15.6. The number of nitrogens with zero attached hydrogens (tertiary/aromatic N) is 3. The molecule has 0 aliphatic carbocycles. The molecule has 2 aliphatic heterocycles. The van der Waals surface area contributed by atoms with Gasteiger partial charge in [-0.3, -0.25) is 0 Å². The van der Waals surface area contributed by atoms with E-state index in [1.54, 1.807) is 16.4 Å². The highest BCUT2D eigenvalue weighted by molar-refractivity contribution is 7.89. The minimum Gasteiger partial charge on any atom is -0.373 e. The van der Waals surface area contributed by atoms with Gasteiger partial charge >= 0.3 is 0 Å². The summed E-state index contributed by atoms with van der Waals surface area (Å²) in [5.74, 6) is 0. The summed E-state index contributed by atoms with van der Waals surface area (Å²) in [6.45, 7) is 4.81. The van der Waals surface area contributed by atoms with Crippen LogP contribution < -0.4 is 0 Å². The van der Waals surface area contributed by atoms with Gasteiger partial charge in [-0.25, -0.2) is 8.42 Å². The molecule has 2 aliphatic rings. The molecular weight excluding hydrogens is 338 g/mol. The Morgan fingerprint density at radius 2 is 1.96 bits per heavy atom. The lowest BCUT2D eigenvalue weighted by Gasteiger charge is -2.38. The average Bonchev–Trinajstić information content (AvgIpc) is 3.05. The molecule has 6 nitrogen and oxygen atoms in total. The molecule has 7 heteroatoms. The Bertz CT molecular complexity index is 747. The van der Waals surface area contributed by atoms with Crippen molar-refractivity contribution in [2.24, 2.45) is 0 Å². The number of rotatable bonds is 4. The van der Waals surface area contributed by atoms with E-state index in [1.165, 1.54) is 12.1 Å². The fourth-order valence-corrected chi connectivity index (χ4v) is 5.14. The smallest absolute Gasteiger partial charge is 0.243 e. The Hall–Kier alpha value is -1.46. The van der Waals surface area contributed by atoms with Crippen molar-refractivity contribution in [1.29, 1.82) is 5.26 Å². The van der Waals surface area contributed by atoms with Gasteiger partial charge < -0.3 is 9.64 Å². The van der Waals surface area contributed by atoms with Gasteiger partial charge in [-0.15, -0.1) is 0 Å². The summed E-state index contributed by atoms with van der Waals surface area (Å²) in [6, 6.07) is 8.54. The molecular formula is C18H25N3O3S. The quantitative estimate of drug-likeness (QED) is 0.816. The third-order valence-electron chi connectivity index (χ3n) is 5.57. The number of ether oxygens (including phenoxy) is 1. The van der Waals surface area contributed by atoms with Crippen LogP contribution in [0.25, 0.3) is 0 Å². The summed E-state index contributed by atoms with van der Waals surface area (Å²) in [6.07, 6.45) is 2.44. The molecule has 1 aromatic rings. The molecule has 1 spiro atoms. The number of hydrogen-bond donors (Lipinski definition) is 0. The molecule has 0 unspecified atom stereocenters. The van der Waals surface area contributed by atoms with Crippen molar-refractivity contribution in [2.75, 3.05) is 33.3 Å². The number of piperidine rings is 1. The Morgan fingerprint density at radius 1 is 1.32 bits per heavy atom. The summed E-state index contributed by atoms with van der Waals surface area (Å²) in [5.41, 5.74) is 0.284. The minimum absolute atomic E-state index is 0.176. The van der Waals surface area contributed by atoms with Gasteiger partial charge in [-0.2, -0.15) is 9.57 Å². The third-order valence-corrected chi connectivity index (χ3v) is 7.48. The van der Waals surface area contributed by atoms with Crippen LogP contribution in [0.5, 0.6) is 0 Å². The van der Waals surface area contributed by atoms with E-state index in [4.69, 9.17) is 10.00 Å². The van der Waals surface area contributed by atoms with Gasteiger partial charge in [0.25, 0.3) is 0 Å². The van der Waals surface area contributed by atoms with Crippen LogP contribution in [-0.4, -0.2) is 62.6 Å². The van der Waals surface area contributed by atoms with Gasteiger partial charge in [0.15, 0.2) is 0 Å². The van der Waals surface area contributed by atoms with Crippen LogP contribution in [-0.2, 0) is 14.8 Å². The van der Waals surface area contributed by atoms with Crippen LogP contribution in [0.1, 0.15) is 31.7 Å². The van der Waals surface area contributed by atoms with Gasteiger partial charge in [0.05, 0.1) is 28.7 Å². The van der Waals surface area contributed by atoms with E-state index >= 15 is 0 Å². The maximum absolute atomic E-state index is 12.8. The molecule has 3 rings (SSSR count). The van der Waals surface area contributed by atoms with Crippen molar-refractivity contribution in [3.63, 3.8) is 0 Å². The van der Waals surface area contributed by atoms with E-state index < -0.39 is 10.0 Å². The normalized spacial score (nSPS) is 23.8. The fourth-order valence-electron chi connectivity index (χ4n) is 3.69. The van der Waals surface area contributed by atoms with Crippen LogP contribution in [0.3, 0.4) is 0 Å². The molecule has 1 atom stereocenters. The molecule has 2 saturated heterocycles. The van der Waals surface area contributed by atoms with Crippen molar-refractivity contribution in [3.8, 4) is 6.07 Å². The highest BCUT2D eigenvalue weighted by atomic mass is 32.2. The maximum Gasteiger partial charge on any atom is 0.243 e. The van der Waals surface area contributed by atoms with E-state index in [1.807, 2.05) is 6.07 Å². The van der Waals surface area contributed by atoms with E-state index in [-0.39, 0.29) is 10.5 Å². The number of nitriles is 1. The van der Waals surface area contributed by atoms with Crippen molar-refractivity contribution in [2.45, 2.75) is 42.7 Å². The largest absolute Gasteiger partial charge is 0.373 e. The van der Waals surface area contributed by atoms with Crippen molar-refractivity contribution < 1.29 is 13.2 Å². The van der Waals surface area contributed by atoms with Crippen LogP contribution in [0.15, 0.2) is 29.2 Å². The van der Waals surface area contributed by atoms with Gasteiger partial charge in [-0.05, 0) is 57.1 Å². The molecule has 0 saturated carbocycles. The summed E-state index contributed by atoms with van der Waals surface area (Å²) in [7, 11) is -1.40. The Balaban J connectivity index is 1.66. The number of benzene rings is 1. The molecule has 0 N–H and O–H groups in total. The van der Waals surface area contributed by atoms with Crippen LogP contribution in [0.2, 0.25) is 0 Å². The van der Waals surface area contributed by atoms with Crippen molar-refractivity contribution in [3.05, 3.63) is 29.8 Å². The van der Waals surface area contributed by atoms with E-state index in [2.05, 4.69) is 18.9 Å².